The van der Waals surface area contributed by atoms with Crippen LogP contribution in [-0.2, 0) is 13.0 Å². The summed E-state index contributed by atoms with van der Waals surface area (Å²) in [6.45, 7) is 7.02. The Morgan fingerprint density at radius 1 is 1.41 bits per heavy atom. The van der Waals surface area contributed by atoms with Crippen molar-refractivity contribution in [3.05, 3.63) is 12.2 Å². The summed E-state index contributed by atoms with van der Waals surface area (Å²) in [7, 11) is 0. The van der Waals surface area contributed by atoms with Gasteiger partial charge in [-0.1, -0.05) is 6.92 Å². The topological polar surface area (TPSA) is 58.3 Å². The standard InChI is InChI=1S/C15H28N6S/c1-3-14-19-18-13-21(14)11-8-17-15(16-7-6-12-22-2)20-9-4-5-10-20/h13H,3-12H2,1-2H3,(H,16,17). The Hall–Kier alpha value is -1.24. The van der Waals surface area contributed by atoms with Gasteiger partial charge in [0.15, 0.2) is 5.96 Å². The van der Waals surface area contributed by atoms with Crippen molar-refractivity contribution in [3.63, 3.8) is 0 Å². The zero-order valence-corrected chi connectivity index (χ0v) is 14.6. The lowest BCUT2D eigenvalue weighted by Gasteiger charge is -2.21. The molecule has 0 unspecified atom stereocenters. The zero-order valence-electron chi connectivity index (χ0n) is 13.8. The van der Waals surface area contributed by atoms with Gasteiger partial charge in [-0.3, -0.25) is 4.99 Å². The van der Waals surface area contributed by atoms with E-state index in [4.69, 9.17) is 4.99 Å². The van der Waals surface area contributed by atoms with E-state index >= 15 is 0 Å². The third-order valence-electron chi connectivity index (χ3n) is 3.82. The van der Waals surface area contributed by atoms with Crippen LogP contribution in [0.2, 0.25) is 0 Å². The molecule has 2 rings (SSSR count). The Morgan fingerprint density at radius 2 is 2.23 bits per heavy atom. The first-order chi connectivity index (χ1) is 10.8. The molecule has 1 N–H and O–H groups in total. The van der Waals surface area contributed by atoms with Crippen LogP contribution in [0.1, 0.15) is 32.0 Å². The van der Waals surface area contributed by atoms with Crippen LogP contribution < -0.4 is 5.32 Å². The lowest BCUT2D eigenvalue weighted by molar-refractivity contribution is 0.486. The number of aliphatic imine (C=N–C) groups is 1. The van der Waals surface area contributed by atoms with Gasteiger partial charge >= 0.3 is 0 Å². The molecule has 0 bridgehead atoms. The van der Waals surface area contributed by atoms with Crippen molar-refractivity contribution in [1.82, 2.24) is 25.0 Å². The lowest BCUT2D eigenvalue weighted by Crippen LogP contribution is -2.41. The Kier molecular flexibility index (Phi) is 7.56. The molecular formula is C15H28N6S. The van der Waals surface area contributed by atoms with Gasteiger partial charge < -0.3 is 14.8 Å². The first kappa shape index (κ1) is 17.1. The molecule has 1 aromatic heterocycles. The van der Waals surface area contributed by atoms with Crippen LogP contribution in [0.3, 0.4) is 0 Å². The van der Waals surface area contributed by atoms with E-state index in [1.807, 2.05) is 18.1 Å². The fourth-order valence-electron chi connectivity index (χ4n) is 2.62. The number of guanidine groups is 1. The van der Waals surface area contributed by atoms with Crippen LogP contribution in [0.4, 0.5) is 0 Å². The summed E-state index contributed by atoms with van der Waals surface area (Å²) in [4.78, 5) is 7.16. The maximum atomic E-state index is 4.78. The van der Waals surface area contributed by atoms with E-state index in [1.54, 1.807) is 0 Å². The minimum absolute atomic E-state index is 0.864. The van der Waals surface area contributed by atoms with Gasteiger partial charge in [0, 0.05) is 39.1 Å². The monoisotopic (exact) mass is 324 g/mol. The van der Waals surface area contributed by atoms with Crippen molar-refractivity contribution in [2.24, 2.45) is 4.99 Å². The third-order valence-corrected chi connectivity index (χ3v) is 4.52. The number of rotatable bonds is 8. The van der Waals surface area contributed by atoms with E-state index in [9.17, 15) is 0 Å². The predicted molar refractivity (Wildman–Crippen MR) is 93.5 cm³/mol. The van der Waals surface area contributed by atoms with Crippen LogP contribution in [0.25, 0.3) is 0 Å². The fraction of sp³-hybridized carbons (Fsp3) is 0.800. The molecule has 124 valence electrons. The Balaban J connectivity index is 1.83. The van der Waals surface area contributed by atoms with Gasteiger partial charge in [0.25, 0.3) is 0 Å². The number of aryl methyl sites for hydroxylation is 1. The number of nitrogens with zero attached hydrogens (tertiary/aromatic N) is 5. The molecule has 1 aliphatic heterocycles. The summed E-state index contributed by atoms with van der Waals surface area (Å²) in [6.07, 6.45) is 8.57. The molecule has 6 nitrogen and oxygen atoms in total. The Morgan fingerprint density at radius 3 is 2.95 bits per heavy atom. The van der Waals surface area contributed by atoms with E-state index in [0.717, 1.165) is 57.3 Å². The van der Waals surface area contributed by atoms with Crippen molar-refractivity contribution in [2.45, 2.75) is 39.2 Å². The number of nitrogens with one attached hydrogen (secondary N) is 1. The van der Waals surface area contributed by atoms with Crippen LogP contribution in [0, 0.1) is 0 Å². The molecule has 0 aliphatic carbocycles. The second kappa shape index (κ2) is 9.71. The molecule has 1 aliphatic rings. The summed E-state index contributed by atoms with van der Waals surface area (Å²) < 4.78 is 2.11. The van der Waals surface area contributed by atoms with Crippen molar-refractivity contribution in [2.75, 3.05) is 38.2 Å². The summed E-state index contributed by atoms with van der Waals surface area (Å²) in [5.74, 6) is 3.29. The molecule has 2 heterocycles. The molecule has 1 saturated heterocycles. The molecule has 0 aromatic carbocycles. The molecule has 0 saturated carbocycles. The molecule has 0 spiro atoms. The van der Waals surface area contributed by atoms with Gasteiger partial charge in [-0.25, -0.2) is 0 Å². The molecule has 0 amide bonds. The summed E-state index contributed by atoms with van der Waals surface area (Å²) in [5, 5.41) is 11.6. The van der Waals surface area contributed by atoms with Gasteiger partial charge in [0.2, 0.25) is 0 Å². The Bertz CT molecular complexity index is 453. The highest BCUT2D eigenvalue weighted by Gasteiger charge is 2.15. The summed E-state index contributed by atoms with van der Waals surface area (Å²) in [5.41, 5.74) is 0. The molecule has 0 atom stereocenters. The molecule has 1 aromatic rings. The summed E-state index contributed by atoms with van der Waals surface area (Å²) >= 11 is 1.89. The SMILES string of the molecule is CCc1nncn1CCNC(=NCCCSC)N1CCCC1. The highest BCUT2D eigenvalue weighted by Crippen LogP contribution is 2.08. The van der Waals surface area contributed by atoms with E-state index < -0.39 is 0 Å². The van der Waals surface area contributed by atoms with Crippen molar-refractivity contribution in [3.8, 4) is 0 Å². The maximum Gasteiger partial charge on any atom is 0.193 e. The molecule has 0 radical (unpaired) electrons. The largest absolute Gasteiger partial charge is 0.354 e. The second-order valence-electron chi connectivity index (χ2n) is 5.47. The number of aromatic nitrogens is 3. The van der Waals surface area contributed by atoms with Crippen LogP contribution in [0.15, 0.2) is 11.3 Å². The normalized spacial score (nSPS) is 15.5. The number of hydrogen-bond donors (Lipinski definition) is 1. The van der Waals surface area contributed by atoms with E-state index in [0.29, 0.717) is 0 Å². The van der Waals surface area contributed by atoms with Crippen molar-refractivity contribution in [1.29, 1.82) is 0 Å². The first-order valence-electron chi connectivity index (χ1n) is 8.24. The van der Waals surface area contributed by atoms with Crippen molar-refractivity contribution >= 4 is 17.7 Å². The van der Waals surface area contributed by atoms with Crippen LogP contribution >= 0.6 is 11.8 Å². The van der Waals surface area contributed by atoms with Crippen LogP contribution in [-0.4, -0.2) is 63.8 Å². The van der Waals surface area contributed by atoms with E-state index in [1.165, 1.54) is 18.6 Å². The van der Waals surface area contributed by atoms with E-state index in [2.05, 4.69) is 38.2 Å². The molecule has 22 heavy (non-hydrogen) atoms. The fourth-order valence-corrected chi connectivity index (χ4v) is 3.04. The number of likely N-dealkylation sites (tertiary alicyclic amines) is 1. The third kappa shape index (κ3) is 5.19. The minimum atomic E-state index is 0.864. The maximum absolute atomic E-state index is 4.78. The van der Waals surface area contributed by atoms with Gasteiger partial charge in [0.1, 0.15) is 12.2 Å². The second-order valence-corrected chi connectivity index (χ2v) is 6.45. The van der Waals surface area contributed by atoms with Crippen LogP contribution in [0.5, 0.6) is 0 Å². The molecular weight excluding hydrogens is 296 g/mol. The average molecular weight is 324 g/mol. The van der Waals surface area contributed by atoms with Gasteiger partial charge in [-0.2, -0.15) is 11.8 Å². The minimum Gasteiger partial charge on any atom is -0.354 e. The first-order valence-corrected chi connectivity index (χ1v) is 9.63. The summed E-state index contributed by atoms with van der Waals surface area (Å²) in [6, 6.07) is 0. The molecule has 1 fully saturated rings. The number of thioether (sulfide) groups is 1. The van der Waals surface area contributed by atoms with E-state index in [-0.39, 0.29) is 0 Å². The smallest absolute Gasteiger partial charge is 0.193 e. The zero-order chi connectivity index (χ0) is 15.6. The lowest BCUT2D eigenvalue weighted by atomic mass is 10.4. The highest BCUT2D eigenvalue weighted by molar-refractivity contribution is 7.98. The predicted octanol–water partition coefficient (Wildman–Crippen LogP) is 1.64. The Labute approximate surface area is 137 Å². The number of hydrogen-bond acceptors (Lipinski definition) is 4. The van der Waals surface area contributed by atoms with Gasteiger partial charge in [0.05, 0.1) is 0 Å². The van der Waals surface area contributed by atoms with Crippen molar-refractivity contribution < 1.29 is 0 Å². The van der Waals surface area contributed by atoms with Gasteiger partial charge in [-0.15, -0.1) is 10.2 Å². The molecule has 7 heteroatoms. The highest BCUT2D eigenvalue weighted by atomic mass is 32.2. The average Bonchev–Trinajstić information content (AvgIpc) is 3.20. The quantitative estimate of drug-likeness (QED) is 0.447. The van der Waals surface area contributed by atoms with Gasteiger partial charge in [-0.05, 0) is 31.3 Å².